The summed E-state index contributed by atoms with van der Waals surface area (Å²) in [6.45, 7) is 2.62. The van der Waals surface area contributed by atoms with Gasteiger partial charge in [0.25, 0.3) is 5.91 Å². The van der Waals surface area contributed by atoms with Gasteiger partial charge in [-0.25, -0.2) is 0 Å². The number of para-hydroxylation sites is 1. The number of carbonyl (C=O) groups is 2. The Balaban J connectivity index is 1.52. The molecule has 4 aromatic rings. The number of rotatable bonds is 8. The number of hydrogen-bond donors (Lipinski definition) is 1. The molecule has 0 unspecified atom stereocenters. The first-order valence-electron chi connectivity index (χ1n) is 11.9. The van der Waals surface area contributed by atoms with Gasteiger partial charge >= 0.3 is 0 Å². The van der Waals surface area contributed by atoms with E-state index in [0.29, 0.717) is 29.5 Å². The van der Waals surface area contributed by atoms with Gasteiger partial charge in [0.1, 0.15) is 33.3 Å². The molecule has 1 aliphatic heterocycles. The van der Waals surface area contributed by atoms with Crippen molar-refractivity contribution >= 4 is 33.4 Å². The second-order valence-corrected chi connectivity index (χ2v) is 10.0. The van der Waals surface area contributed by atoms with Crippen molar-refractivity contribution in [3.8, 4) is 17.2 Å². The van der Waals surface area contributed by atoms with Gasteiger partial charge in [-0.1, -0.05) is 18.2 Å². The molecule has 192 valence electrons. The van der Waals surface area contributed by atoms with Crippen LogP contribution >= 0.6 is 11.3 Å². The molecule has 0 bridgehead atoms. The number of methoxy groups -OCH3 is 3. The van der Waals surface area contributed by atoms with Gasteiger partial charge in [0.05, 0.1) is 34.4 Å². The number of ether oxygens (including phenoxy) is 3. The third-order valence-corrected chi connectivity index (χ3v) is 7.92. The number of nitrogens with zero attached hydrogens (tertiary/aromatic N) is 2. The maximum Gasteiger partial charge on any atom is 0.271 e. The number of carbonyl (C=O) groups excluding carboxylic acids is 2. The topological polar surface area (TPSA) is 82.0 Å². The van der Waals surface area contributed by atoms with Gasteiger partial charge < -0.3 is 29.0 Å². The van der Waals surface area contributed by atoms with Gasteiger partial charge in [-0.3, -0.25) is 9.59 Å². The molecule has 0 saturated carbocycles. The van der Waals surface area contributed by atoms with E-state index in [2.05, 4.69) is 5.32 Å². The Morgan fingerprint density at radius 3 is 2.54 bits per heavy atom. The summed E-state index contributed by atoms with van der Waals surface area (Å²) in [7, 11) is 4.77. The van der Waals surface area contributed by atoms with Crippen molar-refractivity contribution in [3.63, 3.8) is 0 Å². The molecular weight excluding hydrogens is 490 g/mol. The second-order valence-electron chi connectivity index (χ2n) is 9.13. The van der Waals surface area contributed by atoms with E-state index in [1.165, 1.54) is 0 Å². The fourth-order valence-corrected chi connectivity index (χ4v) is 5.77. The molecule has 37 heavy (non-hydrogen) atoms. The SMILES string of the molecule is COc1ccc(CN2C(=O)c3cc4ccsc4n3C[C@]2(C)C(=O)NCc2ccccc2OC)c(OC)c1. The first kappa shape index (κ1) is 24.7. The second kappa shape index (κ2) is 9.82. The fourth-order valence-electron chi connectivity index (χ4n) is 4.87. The van der Waals surface area contributed by atoms with Gasteiger partial charge in [0.15, 0.2) is 0 Å². The lowest BCUT2D eigenvalue weighted by Gasteiger charge is -2.44. The van der Waals surface area contributed by atoms with Crippen LogP contribution in [-0.4, -0.2) is 48.1 Å². The minimum Gasteiger partial charge on any atom is -0.497 e. The van der Waals surface area contributed by atoms with Crippen LogP contribution in [0.3, 0.4) is 0 Å². The lowest BCUT2D eigenvalue weighted by molar-refractivity contribution is -0.133. The highest BCUT2D eigenvalue weighted by Crippen LogP contribution is 2.37. The van der Waals surface area contributed by atoms with Crippen LogP contribution in [0.2, 0.25) is 0 Å². The number of hydrogen-bond acceptors (Lipinski definition) is 6. The zero-order valence-corrected chi connectivity index (χ0v) is 22.1. The minimum absolute atomic E-state index is 0.198. The third kappa shape index (κ3) is 4.29. The van der Waals surface area contributed by atoms with Crippen LogP contribution in [0.1, 0.15) is 28.5 Å². The van der Waals surface area contributed by atoms with E-state index < -0.39 is 5.54 Å². The molecule has 5 rings (SSSR count). The summed E-state index contributed by atoms with van der Waals surface area (Å²) in [5.41, 5.74) is 1.05. The molecule has 0 spiro atoms. The molecule has 0 fully saturated rings. The minimum atomic E-state index is -1.16. The van der Waals surface area contributed by atoms with Gasteiger partial charge in [0.2, 0.25) is 5.91 Å². The van der Waals surface area contributed by atoms with Crippen molar-refractivity contribution in [2.24, 2.45) is 0 Å². The predicted octanol–water partition coefficient (Wildman–Crippen LogP) is 4.46. The number of benzene rings is 2. The zero-order chi connectivity index (χ0) is 26.2. The third-order valence-electron chi connectivity index (χ3n) is 6.97. The Labute approximate surface area is 219 Å². The number of amides is 2. The van der Waals surface area contributed by atoms with E-state index in [9.17, 15) is 9.59 Å². The molecule has 0 saturated heterocycles. The maximum atomic E-state index is 14.0. The Bertz CT molecular complexity index is 1480. The molecule has 0 aliphatic carbocycles. The van der Waals surface area contributed by atoms with Crippen molar-refractivity contribution in [2.45, 2.75) is 32.1 Å². The molecule has 1 atom stereocenters. The van der Waals surface area contributed by atoms with Crippen LogP contribution in [0.15, 0.2) is 60.0 Å². The van der Waals surface area contributed by atoms with Crippen molar-refractivity contribution in [1.82, 2.24) is 14.8 Å². The Kier molecular flexibility index (Phi) is 6.55. The molecule has 1 N–H and O–H groups in total. The zero-order valence-electron chi connectivity index (χ0n) is 21.2. The van der Waals surface area contributed by atoms with E-state index in [-0.39, 0.29) is 24.9 Å². The highest BCUT2D eigenvalue weighted by molar-refractivity contribution is 7.16. The standard InChI is InChI=1S/C28H29N3O5S/c1-28(27(33)29-15-19-7-5-6-8-23(19)35-3)17-30-22(13-18-11-12-37-26(18)30)25(32)31(28)16-20-9-10-21(34-2)14-24(20)36-4/h5-14H,15-17H2,1-4H3,(H,29,33)/t28-/m1/s1. The van der Waals surface area contributed by atoms with E-state index in [1.54, 1.807) is 43.6 Å². The number of thiophene rings is 1. The molecule has 3 heterocycles. The number of fused-ring (bicyclic) bond motifs is 3. The highest BCUT2D eigenvalue weighted by Gasteiger charge is 2.48. The maximum absolute atomic E-state index is 14.0. The molecule has 9 heteroatoms. The first-order chi connectivity index (χ1) is 17.9. The quantitative estimate of drug-likeness (QED) is 0.372. The van der Waals surface area contributed by atoms with Crippen LogP contribution in [0.4, 0.5) is 0 Å². The summed E-state index contributed by atoms with van der Waals surface area (Å²) in [6.07, 6.45) is 0. The summed E-state index contributed by atoms with van der Waals surface area (Å²) in [5.74, 6) is 1.48. The van der Waals surface area contributed by atoms with Crippen LogP contribution in [0.25, 0.3) is 10.2 Å². The number of aromatic nitrogens is 1. The normalized spacial score (nSPS) is 17.0. The van der Waals surface area contributed by atoms with Crippen molar-refractivity contribution < 1.29 is 23.8 Å². The van der Waals surface area contributed by atoms with E-state index >= 15 is 0 Å². The van der Waals surface area contributed by atoms with Gasteiger partial charge in [-0.05, 0) is 42.6 Å². The summed E-state index contributed by atoms with van der Waals surface area (Å²) < 4.78 is 18.3. The molecule has 1 aliphatic rings. The van der Waals surface area contributed by atoms with Crippen LogP contribution in [0.5, 0.6) is 17.2 Å². The van der Waals surface area contributed by atoms with Crippen molar-refractivity contribution in [1.29, 1.82) is 0 Å². The van der Waals surface area contributed by atoms with Crippen LogP contribution in [-0.2, 0) is 24.4 Å². The molecule has 2 aromatic carbocycles. The molecule has 2 aromatic heterocycles. The molecule has 0 radical (unpaired) electrons. The Morgan fingerprint density at radius 2 is 1.78 bits per heavy atom. The van der Waals surface area contributed by atoms with Crippen LogP contribution < -0.4 is 19.5 Å². The Hall–Kier alpha value is -3.98. The summed E-state index contributed by atoms with van der Waals surface area (Å²) in [5, 5.41) is 6.05. The fraction of sp³-hybridized carbons (Fsp3) is 0.286. The summed E-state index contributed by atoms with van der Waals surface area (Å²) >= 11 is 1.56. The smallest absolute Gasteiger partial charge is 0.271 e. The Morgan fingerprint density at radius 1 is 1.00 bits per heavy atom. The van der Waals surface area contributed by atoms with Gasteiger partial charge in [-0.15, -0.1) is 11.3 Å². The molecule has 2 amide bonds. The molecular formula is C28H29N3O5S. The first-order valence-corrected chi connectivity index (χ1v) is 12.8. The average molecular weight is 520 g/mol. The lowest BCUT2D eigenvalue weighted by Crippen LogP contribution is -2.63. The van der Waals surface area contributed by atoms with Gasteiger partial charge in [-0.2, -0.15) is 0 Å². The summed E-state index contributed by atoms with van der Waals surface area (Å²) in [4.78, 5) is 30.5. The van der Waals surface area contributed by atoms with Crippen molar-refractivity contribution in [2.75, 3.05) is 21.3 Å². The van der Waals surface area contributed by atoms with E-state index in [0.717, 1.165) is 21.3 Å². The highest BCUT2D eigenvalue weighted by atomic mass is 32.1. The molecule has 8 nitrogen and oxygen atoms in total. The van der Waals surface area contributed by atoms with E-state index in [4.69, 9.17) is 14.2 Å². The monoisotopic (exact) mass is 519 g/mol. The van der Waals surface area contributed by atoms with Crippen molar-refractivity contribution in [3.05, 3.63) is 76.8 Å². The summed E-state index contributed by atoms with van der Waals surface area (Å²) in [6, 6.07) is 16.9. The predicted molar refractivity (Wildman–Crippen MR) is 142 cm³/mol. The average Bonchev–Trinajstić information content (AvgIpc) is 3.52. The largest absolute Gasteiger partial charge is 0.497 e. The number of nitrogens with one attached hydrogen (secondary N) is 1. The van der Waals surface area contributed by atoms with E-state index in [1.807, 2.05) is 65.4 Å². The van der Waals surface area contributed by atoms with Crippen LogP contribution in [0, 0.1) is 0 Å². The lowest BCUT2D eigenvalue weighted by atomic mass is 9.93. The van der Waals surface area contributed by atoms with Gasteiger partial charge in [0, 0.05) is 29.1 Å².